The molecule has 0 bridgehead atoms. The van der Waals surface area contributed by atoms with Crippen molar-refractivity contribution in [2.45, 2.75) is 20.0 Å². The van der Waals surface area contributed by atoms with Gasteiger partial charge in [-0.15, -0.1) is 0 Å². The highest BCUT2D eigenvalue weighted by atomic mass is 16.5. The number of aromatic carboxylic acids is 1. The van der Waals surface area contributed by atoms with Crippen LogP contribution in [-0.4, -0.2) is 16.1 Å². The summed E-state index contributed by atoms with van der Waals surface area (Å²) in [6.07, 6.45) is 2.49. The molecule has 0 saturated carbocycles. The third-order valence-electron chi connectivity index (χ3n) is 2.80. The van der Waals surface area contributed by atoms with Gasteiger partial charge >= 0.3 is 5.97 Å². The van der Waals surface area contributed by atoms with Gasteiger partial charge in [0.25, 0.3) is 0 Å². The fourth-order valence-electron chi connectivity index (χ4n) is 1.75. The monoisotopic (exact) mass is 257 g/mol. The third-order valence-corrected chi connectivity index (χ3v) is 2.80. The lowest BCUT2D eigenvalue weighted by atomic mass is 10.1. The predicted molar refractivity (Wildman–Crippen MR) is 71.3 cm³/mol. The molecule has 0 aliphatic heterocycles. The molecule has 0 spiro atoms. The largest absolute Gasteiger partial charge is 0.487 e. The maximum absolute atomic E-state index is 11.0. The van der Waals surface area contributed by atoms with E-state index in [0.29, 0.717) is 5.69 Å². The summed E-state index contributed by atoms with van der Waals surface area (Å²) < 4.78 is 5.60. The van der Waals surface area contributed by atoms with Crippen LogP contribution in [-0.2, 0) is 13.0 Å². The lowest BCUT2D eigenvalue weighted by molar-refractivity contribution is 0.0693. The first-order valence-corrected chi connectivity index (χ1v) is 6.09. The van der Waals surface area contributed by atoms with Crippen molar-refractivity contribution in [3.8, 4) is 5.75 Å². The molecule has 19 heavy (non-hydrogen) atoms. The molecule has 1 N–H and O–H groups in total. The first-order chi connectivity index (χ1) is 9.20. The first kappa shape index (κ1) is 13.1. The summed E-state index contributed by atoms with van der Waals surface area (Å²) in [6, 6.07) is 10.9. The molecular weight excluding hydrogens is 242 g/mol. The van der Waals surface area contributed by atoms with Gasteiger partial charge in [0, 0.05) is 6.20 Å². The van der Waals surface area contributed by atoms with Gasteiger partial charge < -0.3 is 9.84 Å². The predicted octanol–water partition coefficient (Wildman–Crippen LogP) is 2.92. The maximum atomic E-state index is 11.0. The lowest BCUT2D eigenvalue weighted by Crippen LogP contribution is -2.07. The maximum Gasteiger partial charge on any atom is 0.337 e. The summed E-state index contributed by atoms with van der Waals surface area (Å²) in [4.78, 5) is 15.1. The molecule has 0 unspecified atom stereocenters. The molecule has 1 aromatic carbocycles. The number of hydrogen-bond acceptors (Lipinski definition) is 3. The number of rotatable bonds is 5. The molecular formula is C15H15NO3. The van der Waals surface area contributed by atoms with E-state index in [4.69, 9.17) is 9.84 Å². The molecule has 0 atom stereocenters. The van der Waals surface area contributed by atoms with Crippen molar-refractivity contribution in [2.24, 2.45) is 0 Å². The zero-order chi connectivity index (χ0) is 13.7. The van der Waals surface area contributed by atoms with Crippen LogP contribution in [0.1, 0.15) is 28.5 Å². The standard InChI is InChI=1S/C15H15NO3/c1-2-11-5-3-6-12(9-11)19-10-14-13(15(17)18)7-4-8-16-14/h3-9H,2,10H2,1H3,(H,17,18). The van der Waals surface area contributed by atoms with Crippen molar-refractivity contribution in [1.29, 1.82) is 0 Å². The quantitative estimate of drug-likeness (QED) is 0.894. The highest BCUT2D eigenvalue weighted by Crippen LogP contribution is 2.16. The van der Waals surface area contributed by atoms with Crippen LogP contribution >= 0.6 is 0 Å². The van der Waals surface area contributed by atoms with Gasteiger partial charge in [-0.25, -0.2) is 4.79 Å². The summed E-state index contributed by atoms with van der Waals surface area (Å²) >= 11 is 0. The van der Waals surface area contributed by atoms with Gasteiger partial charge in [0.15, 0.2) is 0 Å². The Morgan fingerprint density at radius 1 is 1.32 bits per heavy atom. The molecule has 0 aliphatic rings. The number of aromatic nitrogens is 1. The average molecular weight is 257 g/mol. The fourth-order valence-corrected chi connectivity index (χ4v) is 1.75. The smallest absolute Gasteiger partial charge is 0.337 e. The number of nitrogens with zero attached hydrogens (tertiary/aromatic N) is 1. The Hall–Kier alpha value is -2.36. The summed E-state index contributed by atoms with van der Waals surface area (Å²) in [5.74, 6) is -0.268. The molecule has 98 valence electrons. The second-order valence-corrected chi connectivity index (χ2v) is 4.09. The summed E-state index contributed by atoms with van der Waals surface area (Å²) in [6.45, 7) is 2.22. The minimum absolute atomic E-state index is 0.148. The Labute approximate surface area is 111 Å². The minimum Gasteiger partial charge on any atom is -0.487 e. The number of carboxylic acids is 1. The first-order valence-electron chi connectivity index (χ1n) is 6.09. The molecule has 0 radical (unpaired) electrons. The molecule has 1 heterocycles. The van der Waals surface area contributed by atoms with Gasteiger partial charge in [-0.1, -0.05) is 19.1 Å². The van der Waals surface area contributed by atoms with Crippen molar-refractivity contribution in [3.05, 3.63) is 59.4 Å². The van der Waals surface area contributed by atoms with Crippen molar-refractivity contribution < 1.29 is 14.6 Å². The molecule has 2 rings (SSSR count). The Balaban J connectivity index is 2.12. The minimum atomic E-state index is -0.992. The number of pyridine rings is 1. The Bertz CT molecular complexity index is 581. The average Bonchev–Trinajstić information content (AvgIpc) is 2.45. The van der Waals surface area contributed by atoms with Gasteiger partial charge in [-0.05, 0) is 36.2 Å². The fraction of sp³-hybridized carbons (Fsp3) is 0.200. The van der Waals surface area contributed by atoms with Crippen LogP contribution in [0.25, 0.3) is 0 Å². The summed E-state index contributed by atoms with van der Waals surface area (Å²) in [7, 11) is 0. The van der Waals surface area contributed by atoms with E-state index >= 15 is 0 Å². The van der Waals surface area contributed by atoms with Crippen LogP contribution in [0.15, 0.2) is 42.6 Å². The number of hydrogen-bond donors (Lipinski definition) is 1. The Kier molecular flexibility index (Phi) is 4.13. The lowest BCUT2D eigenvalue weighted by Gasteiger charge is -2.08. The number of benzene rings is 1. The Morgan fingerprint density at radius 3 is 2.89 bits per heavy atom. The molecule has 0 fully saturated rings. The molecule has 4 heteroatoms. The van der Waals surface area contributed by atoms with E-state index in [-0.39, 0.29) is 12.2 Å². The zero-order valence-corrected chi connectivity index (χ0v) is 10.7. The number of ether oxygens (including phenoxy) is 1. The Morgan fingerprint density at radius 2 is 2.16 bits per heavy atom. The van der Waals surface area contributed by atoms with Crippen molar-refractivity contribution in [2.75, 3.05) is 0 Å². The van der Waals surface area contributed by atoms with E-state index in [1.54, 1.807) is 12.3 Å². The molecule has 0 amide bonds. The van der Waals surface area contributed by atoms with Crippen LogP contribution in [0.4, 0.5) is 0 Å². The molecule has 0 saturated heterocycles. The number of carboxylic acid groups (broad SMARTS) is 1. The molecule has 1 aromatic heterocycles. The van der Waals surface area contributed by atoms with Crippen molar-refractivity contribution in [3.63, 3.8) is 0 Å². The van der Waals surface area contributed by atoms with E-state index in [1.165, 1.54) is 11.6 Å². The highest BCUT2D eigenvalue weighted by molar-refractivity contribution is 5.88. The highest BCUT2D eigenvalue weighted by Gasteiger charge is 2.10. The van der Waals surface area contributed by atoms with Crippen molar-refractivity contribution in [1.82, 2.24) is 4.98 Å². The second-order valence-electron chi connectivity index (χ2n) is 4.09. The third kappa shape index (κ3) is 3.31. The molecule has 4 nitrogen and oxygen atoms in total. The zero-order valence-electron chi connectivity index (χ0n) is 10.7. The molecule has 2 aromatic rings. The van der Waals surface area contributed by atoms with Gasteiger partial charge in [-0.3, -0.25) is 4.98 Å². The second kappa shape index (κ2) is 6.00. The van der Waals surface area contributed by atoms with Crippen LogP contribution in [0.3, 0.4) is 0 Å². The van der Waals surface area contributed by atoms with Gasteiger partial charge in [0.2, 0.25) is 0 Å². The van der Waals surface area contributed by atoms with E-state index in [0.717, 1.165) is 12.2 Å². The van der Waals surface area contributed by atoms with Crippen LogP contribution in [0, 0.1) is 0 Å². The van der Waals surface area contributed by atoms with Gasteiger partial charge in [-0.2, -0.15) is 0 Å². The van der Waals surface area contributed by atoms with Crippen LogP contribution < -0.4 is 4.74 Å². The normalized spacial score (nSPS) is 10.2. The van der Waals surface area contributed by atoms with Crippen molar-refractivity contribution >= 4 is 5.97 Å². The van der Waals surface area contributed by atoms with Gasteiger partial charge in [0.05, 0.1) is 11.3 Å². The summed E-state index contributed by atoms with van der Waals surface area (Å²) in [5, 5.41) is 9.05. The van der Waals surface area contributed by atoms with E-state index in [9.17, 15) is 4.79 Å². The van der Waals surface area contributed by atoms with E-state index in [2.05, 4.69) is 11.9 Å². The van der Waals surface area contributed by atoms with Crippen LogP contribution in [0.2, 0.25) is 0 Å². The van der Waals surface area contributed by atoms with E-state index in [1.807, 2.05) is 24.3 Å². The number of aryl methyl sites for hydroxylation is 1. The SMILES string of the molecule is CCc1cccc(OCc2ncccc2C(=O)O)c1. The molecule has 0 aliphatic carbocycles. The van der Waals surface area contributed by atoms with E-state index < -0.39 is 5.97 Å². The van der Waals surface area contributed by atoms with Crippen LogP contribution in [0.5, 0.6) is 5.75 Å². The number of carbonyl (C=O) groups is 1. The topological polar surface area (TPSA) is 59.4 Å². The van der Waals surface area contributed by atoms with Gasteiger partial charge in [0.1, 0.15) is 12.4 Å². The summed E-state index contributed by atoms with van der Waals surface area (Å²) in [5.41, 5.74) is 1.78.